The molecule has 5 heteroatoms. The molecular formula is C8H13N5. The molecule has 0 saturated heterocycles. The molecule has 0 aliphatic carbocycles. The molecule has 1 aromatic heterocycles. The third-order valence-corrected chi connectivity index (χ3v) is 1.63. The van der Waals surface area contributed by atoms with Crippen LogP contribution in [0.15, 0.2) is 6.20 Å². The van der Waals surface area contributed by atoms with Gasteiger partial charge in [-0.05, 0) is 6.92 Å². The zero-order chi connectivity index (χ0) is 9.68. The molecule has 0 aliphatic heterocycles. The first-order valence-corrected chi connectivity index (χ1v) is 4.18. The summed E-state index contributed by atoms with van der Waals surface area (Å²) >= 11 is 0. The van der Waals surface area contributed by atoms with Crippen molar-refractivity contribution in [2.24, 2.45) is 13.0 Å². The smallest absolute Gasteiger partial charge is 0.0964 e. The van der Waals surface area contributed by atoms with E-state index in [9.17, 15) is 0 Å². The molecule has 0 radical (unpaired) electrons. The van der Waals surface area contributed by atoms with E-state index in [1.165, 1.54) is 0 Å². The van der Waals surface area contributed by atoms with E-state index in [2.05, 4.69) is 21.7 Å². The molecule has 0 saturated carbocycles. The highest BCUT2D eigenvalue weighted by Crippen LogP contribution is 1.92. The second-order valence-electron chi connectivity index (χ2n) is 3.04. The van der Waals surface area contributed by atoms with Crippen LogP contribution in [0, 0.1) is 17.2 Å². The molecule has 1 rings (SSSR count). The summed E-state index contributed by atoms with van der Waals surface area (Å²) in [6.07, 6.45) is 1.85. The van der Waals surface area contributed by atoms with E-state index in [-0.39, 0.29) is 5.92 Å². The number of aryl methyl sites for hydroxylation is 1. The van der Waals surface area contributed by atoms with Crippen LogP contribution in [0.3, 0.4) is 0 Å². The number of nitrogens with zero attached hydrogens (tertiary/aromatic N) is 4. The van der Waals surface area contributed by atoms with Gasteiger partial charge in [0, 0.05) is 26.3 Å². The number of nitrogens with one attached hydrogen (secondary N) is 1. The summed E-state index contributed by atoms with van der Waals surface area (Å²) in [6, 6.07) is 2.15. The Bertz CT molecular complexity index is 298. The third kappa shape index (κ3) is 3.22. The first-order chi connectivity index (χ1) is 6.22. The number of rotatable bonds is 4. The van der Waals surface area contributed by atoms with Gasteiger partial charge in [-0.25, -0.2) is 0 Å². The molecule has 1 atom stereocenters. The number of hydrogen-bond acceptors (Lipinski definition) is 4. The lowest BCUT2D eigenvalue weighted by molar-refractivity contribution is 0.594. The number of nitriles is 1. The third-order valence-electron chi connectivity index (χ3n) is 1.63. The lowest BCUT2D eigenvalue weighted by atomic mass is 10.2. The summed E-state index contributed by atoms with van der Waals surface area (Å²) in [5.74, 6) is 0.0386. The molecular weight excluding hydrogens is 166 g/mol. The zero-order valence-electron chi connectivity index (χ0n) is 7.86. The Morgan fingerprint density at radius 1 is 1.77 bits per heavy atom. The first kappa shape index (κ1) is 9.68. The highest BCUT2D eigenvalue weighted by Gasteiger charge is 2.00. The van der Waals surface area contributed by atoms with Crippen molar-refractivity contribution in [3.63, 3.8) is 0 Å². The Labute approximate surface area is 77.4 Å². The normalized spacial score (nSPS) is 12.4. The first-order valence-electron chi connectivity index (χ1n) is 4.18. The highest BCUT2D eigenvalue weighted by atomic mass is 15.4. The SMILES string of the molecule is CC(C#N)CNCc1cn(C)nn1. The maximum Gasteiger partial charge on any atom is 0.0964 e. The van der Waals surface area contributed by atoms with Gasteiger partial charge in [0.15, 0.2) is 0 Å². The van der Waals surface area contributed by atoms with Crippen LogP contribution in [-0.4, -0.2) is 21.5 Å². The van der Waals surface area contributed by atoms with Gasteiger partial charge in [-0.2, -0.15) is 5.26 Å². The Kier molecular flexibility index (Phi) is 3.41. The summed E-state index contributed by atoms with van der Waals surface area (Å²) in [5.41, 5.74) is 0.896. The standard InChI is InChI=1S/C8H13N5/c1-7(3-9)4-10-5-8-6-13(2)12-11-8/h6-7,10H,4-5H2,1-2H3. The van der Waals surface area contributed by atoms with Crippen LogP contribution in [-0.2, 0) is 13.6 Å². The Morgan fingerprint density at radius 3 is 3.08 bits per heavy atom. The van der Waals surface area contributed by atoms with E-state index < -0.39 is 0 Å². The van der Waals surface area contributed by atoms with E-state index in [0.717, 1.165) is 5.69 Å². The molecule has 13 heavy (non-hydrogen) atoms. The molecule has 0 aromatic carbocycles. The van der Waals surface area contributed by atoms with Crippen LogP contribution in [0.4, 0.5) is 0 Å². The van der Waals surface area contributed by atoms with Crippen molar-refractivity contribution < 1.29 is 0 Å². The number of aromatic nitrogens is 3. The summed E-state index contributed by atoms with van der Waals surface area (Å²) in [4.78, 5) is 0. The minimum atomic E-state index is 0.0386. The van der Waals surface area contributed by atoms with E-state index in [0.29, 0.717) is 13.1 Å². The maximum atomic E-state index is 8.51. The number of hydrogen-bond donors (Lipinski definition) is 1. The Hall–Kier alpha value is -1.41. The van der Waals surface area contributed by atoms with Crippen LogP contribution in [0.25, 0.3) is 0 Å². The molecule has 70 valence electrons. The van der Waals surface area contributed by atoms with E-state index >= 15 is 0 Å². The van der Waals surface area contributed by atoms with Crippen LogP contribution in [0.5, 0.6) is 0 Å². The van der Waals surface area contributed by atoms with Crippen molar-refractivity contribution in [1.82, 2.24) is 20.3 Å². The zero-order valence-corrected chi connectivity index (χ0v) is 7.86. The van der Waals surface area contributed by atoms with Crippen molar-refractivity contribution in [1.29, 1.82) is 5.26 Å². The molecule has 5 nitrogen and oxygen atoms in total. The lowest BCUT2D eigenvalue weighted by Crippen LogP contribution is -2.19. The largest absolute Gasteiger partial charge is 0.310 e. The quantitative estimate of drug-likeness (QED) is 0.710. The van der Waals surface area contributed by atoms with Crippen molar-refractivity contribution in [3.05, 3.63) is 11.9 Å². The average Bonchev–Trinajstić information content (AvgIpc) is 2.51. The molecule has 0 bridgehead atoms. The molecule has 1 N–H and O–H groups in total. The second-order valence-corrected chi connectivity index (χ2v) is 3.04. The van der Waals surface area contributed by atoms with Gasteiger partial charge in [-0.15, -0.1) is 5.10 Å². The van der Waals surface area contributed by atoms with Crippen LogP contribution in [0.1, 0.15) is 12.6 Å². The van der Waals surface area contributed by atoms with Crippen molar-refractivity contribution in [3.8, 4) is 6.07 Å². The van der Waals surface area contributed by atoms with Gasteiger partial charge in [0.1, 0.15) is 0 Å². The molecule has 0 aliphatic rings. The molecule has 0 fully saturated rings. The van der Waals surface area contributed by atoms with Crippen LogP contribution in [0.2, 0.25) is 0 Å². The Morgan fingerprint density at radius 2 is 2.54 bits per heavy atom. The summed E-state index contributed by atoms with van der Waals surface area (Å²) in [5, 5.41) is 19.3. The minimum absolute atomic E-state index is 0.0386. The van der Waals surface area contributed by atoms with Crippen molar-refractivity contribution >= 4 is 0 Å². The van der Waals surface area contributed by atoms with E-state index in [1.54, 1.807) is 4.68 Å². The average molecular weight is 179 g/mol. The fraction of sp³-hybridized carbons (Fsp3) is 0.625. The van der Waals surface area contributed by atoms with Crippen LogP contribution >= 0.6 is 0 Å². The van der Waals surface area contributed by atoms with Crippen molar-refractivity contribution in [2.45, 2.75) is 13.5 Å². The van der Waals surface area contributed by atoms with Gasteiger partial charge < -0.3 is 5.32 Å². The second kappa shape index (κ2) is 4.58. The summed E-state index contributed by atoms with van der Waals surface area (Å²) in [6.45, 7) is 3.23. The van der Waals surface area contributed by atoms with E-state index in [1.807, 2.05) is 20.2 Å². The van der Waals surface area contributed by atoms with E-state index in [4.69, 9.17) is 5.26 Å². The Balaban J connectivity index is 2.25. The van der Waals surface area contributed by atoms with Gasteiger partial charge in [0.05, 0.1) is 17.7 Å². The lowest BCUT2D eigenvalue weighted by Gasteiger charge is -2.02. The highest BCUT2D eigenvalue weighted by molar-refractivity contribution is 4.91. The maximum absolute atomic E-state index is 8.51. The van der Waals surface area contributed by atoms with Gasteiger partial charge in [0.2, 0.25) is 0 Å². The summed E-state index contributed by atoms with van der Waals surface area (Å²) < 4.78 is 1.66. The molecule has 0 amide bonds. The predicted octanol–water partition coefficient (Wildman–Crippen LogP) is 0.0644. The van der Waals surface area contributed by atoms with Gasteiger partial charge in [-0.1, -0.05) is 5.21 Å². The molecule has 0 spiro atoms. The van der Waals surface area contributed by atoms with Gasteiger partial charge in [0.25, 0.3) is 0 Å². The molecule has 1 heterocycles. The van der Waals surface area contributed by atoms with Crippen LogP contribution < -0.4 is 5.32 Å². The van der Waals surface area contributed by atoms with Gasteiger partial charge in [-0.3, -0.25) is 4.68 Å². The molecule has 1 aromatic rings. The molecule has 1 unspecified atom stereocenters. The minimum Gasteiger partial charge on any atom is -0.310 e. The summed E-state index contributed by atoms with van der Waals surface area (Å²) in [7, 11) is 1.83. The van der Waals surface area contributed by atoms with Crippen molar-refractivity contribution in [2.75, 3.05) is 6.54 Å². The topological polar surface area (TPSA) is 66.5 Å². The monoisotopic (exact) mass is 179 g/mol. The fourth-order valence-corrected chi connectivity index (χ4v) is 0.939. The fourth-order valence-electron chi connectivity index (χ4n) is 0.939. The predicted molar refractivity (Wildman–Crippen MR) is 47.5 cm³/mol. The van der Waals surface area contributed by atoms with Gasteiger partial charge >= 0.3 is 0 Å².